The number of methoxy groups -OCH3 is 1. The fourth-order valence-corrected chi connectivity index (χ4v) is 2.51. The van der Waals surface area contributed by atoms with Crippen molar-refractivity contribution in [3.63, 3.8) is 0 Å². The predicted molar refractivity (Wildman–Crippen MR) is 87.2 cm³/mol. The van der Waals surface area contributed by atoms with Gasteiger partial charge in [0.2, 0.25) is 0 Å². The molecule has 1 N–H and O–H groups in total. The molecule has 3 nitrogen and oxygen atoms in total. The van der Waals surface area contributed by atoms with Gasteiger partial charge in [-0.15, -0.1) is 0 Å². The number of aliphatic hydroxyl groups excluding tert-OH is 1. The highest BCUT2D eigenvalue weighted by Crippen LogP contribution is 2.29. The molecule has 0 fully saturated rings. The van der Waals surface area contributed by atoms with Gasteiger partial charge in [0.1, 0.15) is 6.61 Å². The highest BCUT2D eigenvalue weighted by atomic mass is 16.5. The lowest BCUT2D eigenvalue weighted by atomic mass is 10.1. The standard InChI is InChI=1S/C19H18O3/c1-21-18-10-9-14(12-20)11-19(18)22-13-16-7-4-6-15-5-2-3-8-17(15)16/h2-11,20H,12-13H2,1H3. The van der Waals surface area contributed by atoms with E-state index in [1.807, 2.05) is 36.4 Å². The predicted octanol–water partition coefficient (Wildman–Crippen LogP) is 3.92. The van der Waals surface area contributed by atoms with Crippen molar-refractivity contribution in [2.45, 2.75) is 13.2 Å². The normalized spacial score (nSPS) is 10.6. The van der Waals surface area contributed by atoms with Crippen LogP contribution in [0.25, 0.3) is 10.8 Å². The summed E-state index contributed by atoms with van der Waals surface area (Å²) in [5.41, 5.74) is 1.92. The van der Waals surface area contributed by atoms with Crippen LogP contribution in [0.5, 0.6) is 11.5 Å². The number of benzene rings is 3. The maximum atomic E-state index is 9.26. The van der Waals surface area contributed by atoms with Gasteiger partial charge >= 0.3 is 0 Å². The molecule has 0 saturated heterocycles. The van der Waals surface area contributed by atoms with Gasteiger partial charge in [0.25, 0.3) is 0 Å². The summed E-state index contributed by atoms with van der Waals surface area (Å²) in [5.74, 6) is 1.31. The van der Waals surface area contributed by atoms with Crippen LogP contribution in [-0.4, -0.2) is 12.2 Å². The molecular weight excluding hydrogens is 276 g/mol. The third-order valence-corrected chi connectivity index (χ3v) is 3.67. The van der Waals surface area contributed by atoms with Crippen LogP contribution in [0.2, 0.25) is 0 Å². The average molecular weight is 294 g/mol. The molecule has 0 atom stereocenters. The number of fused-ring (bicyclic) bond motifs is 1. The van der Waals surface area contributed by atoms with Gasteiger partial charge in [0.15, 0.2) is 11.5 Å². The Kier molecular flexibility index (Phi) is 4.26. The van der Waals surface area contributed by atoms with E-state index >= 15 is 0 Å². The molecular formula is C19H18O3. The van der Waals surface area contributed by atoms with Crippen LogP contribution in [0.3, 0.4) is 0 Å². The van der Waals surface area contributed by atoms with Crippen LogP contribution in [0.15, 0.2) is 60.7 Å². The molecule has 0 aromatic heterocycles. The van der Waals surface area contributed by atoms with Gasteiger partial charge in [-0.2, -0.15) is 0 Å². The quantitative estimate of drug-likeness (QED) is 0.775. The van der Waals surface area contributed by atoms with Crippen molar-refractivity contribution < 1.29 is 14.6 Å². The minimum atomic E-state index is -0.0192. The van der Waals surface area contributed by atoms with Gasteiger partial charge in [-0.25, -0.2) is 0 Å². The van der Waals surface area contributed by atoms with Crippen molar-refractivity contribution in [3.05, 3.63) is 71.8 Å². The topological polar surface area (TPSA) is 38.7 Å². The van der Waals surface area contributed by atoms with Crippen LogP contribution in [0.1, 0.15) is 11.1 Å². The number of aliphatic hydroxyl groups is 1. The zero-order valence-electron chi connectivity index (χ0n) is 12.5. The lowest BCUT2D eigenvalue weighted by Crippen LogP contribution is -1.99. The van der Waals surface area contributed by atoms with Crippen LogP contribution in [0, 0.1) is 0 Å². The Balaban J connectivity index is 1.88. The summed E-state index contributed by atoms with van der Waals surface area (Å²) in [5, 5.41) is 11.6. The van der Waals surface area contributed by atoms with E-state index in [-0.39, 0.29) is 6.61 Å². The van der Waals surface area contributed by atoms with Crippen LogP contribution in [0.4, 0.5) is 0 Å². The first-order chi connectivity index (χ1) is 10.8. The van der Waals surface area contributed by atoms with Crippen molar-refractivity contribution in [1.82, 2.24) is 0 Å². The van der Waals surface area contributed by atoms with Crippen molar-refractivity contribution in [2.24, 2.45) is 0 Å². The van der Waals surface area contributed by atoms with E-state index in [2.05, 4.69) is 24.3 Å². The first kappa shape index (κ1) is 14.4. The summed E-state index contributed by atoms with van der Waals surface area (Å²) in [4.78, 5) is 0. The second-order valence-corrected chi connectivity index (χ2v) is 5.07. The summed E-state index contributed by atoms with van der Waals surface area (Å²) in [6.07, 6.45) is 0. The van der Waals surface area contributed by atoms with E-state index < -0.39 is 0 Å². The zero-order chi connectivity index (χ0) is 15.4. The summed E-state index contributed by atoms with van der Waals surface area (Å²) in [6.45, 7) is 0.432. The molecule has 0 saturated carbocycles. The number of rotatable bonds is 5. The Morgan fingerprint density at radius 1 is 0.909 bits per heavy atom. The van der Waals surface area contributed by atoms with Crippen LogP contribution < -0.4 is 9.47 Å². The molecule has 112 valence electrons. The first-order valence-corrected chi connectivity index (χ1v) is 7.19. The smallest absolute Gasteiger partial charge is 0.162 e. The SMILES string of the molecule is COc1ccc(CO)cc1OCc1cccc2ccccc12. The number of hydrogen-bond donors (Lipinski definition) is 1. The monoisotopic (exact) mass is 294 g/mol. The molecule has 0 radical (unpaired) electrons. The minimum Gasteiger partial charge on any atom is -0.493 e. The second-order valence-electron chi connectivity index (χ2n) is 5.07. The van der Waals surface area contributed by atoms with E-state index in [4.69, 9.17) is 9.47 Å². The minimum absolute atomic E-state index is 0.0192. The molecule has 0 heterocycles. The molecule has 3 aromatic carbocycles. The van der Waals surface area contributed by atoms with E-state index in [0.717, 1.165) is 11.1 Å². The fraction of sp³-hybridized carbons (Fsp3) is 0.158. The Morgan fingerprint density at radius 3 is 2.55 bits per heavy atom. The largest absolute Gasteiger partial charge is 0.493 e. The summed E-state index contributed by atoms with van der Waals surface area (Å²) in [7, 11) is 1.61. The highest BCUT2D eigenvalue weighted by Gasteiger charge is 2.07. The van der Waals surface area contributed by atoms with Crippen molar-refractivity contribution >= 4 is 10.8 Å². The van der Waals surface area contributed by atoms with E-state index in [0.29, 0.717) is 18.1 Å². The van der Waals surface area contributed by atoms with Crippen LogP contribution >= 0.6 is 0 Å². The lowest BCUT2D eigenvalue weighted by molar-refractivity contribution is 0.272. The molecule has 0 bridgehead atoms. The molecule has 0 amide bonds. The molecule has 0 unspecified atom stereocenters. The lowest BCUT2D eigenvalue weighted by Gasteiger charge is -2.13. The van der Waals surface area contributed by atoms with Gasteiger partial charge in [-0.1, -0.05) is 48.5 Å². The van der Waals surface area contributed by atoms with Crippen molar-refractivity contribution in [2.75, 3.05) is 7.11 Å². The Hall–Kier alpha value is -2.52. The third kappa shape index (κ3) is 2.90. The molecule has 0 spiro atoms. The molecule has 0 aliphatic rings. The Morgan fingerprint density at radius 2 is 1.73 bits per heavy atom. The summed E-state index contributed by atoms with van der Waals surface area (Å²) in [6, 6.07) is 19.9. The summed E-state index contributed by atoms with van der Waals surface area (Å²) >= 11 is 0. The Labute approximate surface area is 129 Å². The fourth-order valence-electron chi connectivity index (χ4n) is 2.51. The zero-order valence-corrected chi connectivity index (χ0v) is 12.5. The van der Waals surface area contributed by atoms with E-state index in [1.165, 1.54) is 10.8 Å². The first-order valence-electron chi connectivity index (χ1n) is 7.19. The van der Waals surface area contributed by atoms with Gasteiger partial charge in [-0.3, -0.25) is 0 Å². The molecule has 0 aliphatic carbocycles. The molecule has 0 aliphatic heterocycles. The van der Waals surface area contributed by atoms with Crippen LogP contribution in [-0.2, 0) is 13.2 Å². The van der Waals surface area contributed by atoms with Gasteiger partial charge < -0.3 is 14.6 Å². The van der Waals surface area contributed by atoms with Gasteiger partial charge in [0, 0.05) is 0 Å². The molecule has 3 aromatic rings. The van der Waals surface area contributed by atoms with E-state index in [1.54, 1.807) is 7.11 Å². The highest BCUT2D eigenvalue weighted by molar-refractivity contribution is 5.85. The number of ether oxygens (including phenoxy) is 2. The van der Waals surface area contributed by atoms with Gasteiger partial charge in [-0.05, 0) is 34.0 Å². The number of hydrogen-bond acceptors (Lipinski definition) is 3. The van der Waals surface area contributed by atoms with Crippen molar-refractivity contribution in [3.8, 4) is 11.5 Å². The second kappa shape index (κ2) is 6.50. The van der Waals surface area contributed by atoms with E-state index in [9.17, 15) is 5.11 Å². The maximum Gasteiger partial charge on any atom is 0.162 e. The third-order valence-electron chi connectivity index (χ3n) is 3.67. The molecule has 3 rings (SSSR count). The summed E-state index contributed by atoms with van der Waals surface area (Å²) < 4.78 is 11.2. The Bertz CT molecular complexity index is 775. The molecule has 3 heteroatoms. The maximum absolute atomic E-state index is 9.26. The molecule has 22 heavy (non-hydrogen) atoms. The average Bonchev–Trinajstić information content (AvgIpc) is 2.59. The van der Waals surface area contributed by atoms with Crippen molar-refractivity contribution in [1.29, 1.82) is 0 Å². The van der Waals surface area contributed by atoms with Gasteiger partial charge in [0.05, 0.1) is 13.7 Å².